The SMILES string of the molecule is CC1(C)CC(=O)N(Cc2c(F)ccc(Br)c2F)C1=O. The molecule has 0 N–H and O–H groups in total. The third kappa shape index (κ3) is 2.41. The Morgan fingerprint density at radius 3 is 2.47 bits per heavy atom. The molecular formula is C13H12BrF2NO2. The van der Waals surface area contributed by atoms with Gasteiger partial charge in [-0.3, -0.25) is 14.5 Å². The summed E-state index contributed by atoms with van der Waals surface area (Å²) in [6.45, 7) is 2.90. The Bertz CT molecular complexity index is 572. The molecule has 0 radical (unpaired) electrons. The van der Waals surface area contributed by atoms with E-state index in [9.17, 15) is 18.4 Å². The maximum absolute atomic E-state index is 13.8. The van der Waals surface area contributed by atoms with Crippen LogP contribution in [0.4, 0.5) is 8.78 Å². The molecule has 1 aliphatic heterocycles. The first-order valence-corrected chi connectivity index (χ1v) is 6.50. The van der Waals surface area contributed by atoms with Crippen molar-refractivity contribution in [1.82, 2.24) is 4.90 Å². The molecular weight excluding hydrogens is 320 g/mol. The van der Waals surface area contributed by atoms with Crippen molar-refractivity contribution in [3.05, 3.63) is 33.8 Å². The minimum absolute atomic E-state index is 0.0586. The highest BCUT2D eigenvalue weighted by atomic mass is 79.9. The summed E-state index contributed by atoms with van der Waals surface area (Å²) in [6, 6.07) is 2.34. The Morgan fingerprint density at radius 2 is 1.95 bits per heavy atom. The van der Waals surface area contributed by atoms with E-state index < -0.39 is 28.9 Å². The van der Waals surface area contributed by atoms with Gasteiger partial charge in [-0.05, 0) is 28.1 Å². The second kappa shape index (κ2) is 4.67. The van der Waals surface area contributed by atoms with Gasteiger partial charge in [0, 0.05) is 12.0 Å². The van der Waals surface area contributed by atoms with Gasteiger partial charge in [0.2, 0.25) is 11.8 Å². The van der Waals surface area contributed by atoms with Gasteiger partial charge in [0.25, 0.3) is 0 Å². The number of nitrogens with zero attached hydrogens (tertiary/aromatic N) is 1. The Balaban J connectivity index is 2.35. The van der Waals surface area contributed by atoms with E-state index in [1.807, 2.05) is 0 Å². The number of likely N-dealkylation sites (tertiary alicyclic amines) is 1. The van der Waals surface area contributed by atoms with Crippen molar-refractivity contribution in [2.24, 2.45) is 5.41 Å². The molecule has 102 valence electrons. The minimum Gasteiger partial charge on any atom is -0.277 e. The van der Waals surface area contributed by atoms with E-state index in [1.54, 1.807) is 13.8 Å². The lowest BCUT2D eigenvalue weighted by atomic mass is 9.92. The van der Waals surface area contributed by atoms with E-state index in [2.05, 4.69) is 15.9 Å². The Hall–Kier alpha value is -1.30. The fourth-order valence-electron chi connectivity index (χ4n) is 2.06. The molecule has 0 aliphatic carbocycles. The molecule has 0 spiro atoms. The predicted molar refractivity (Wildman–Crippen MR) is 68.0 cm³/mol. The number of carbonyl (C=O) groups is 2. The number of hydrogen-bond donors (Lipinski definition) is 0. The molecule has 1 aromatic carbocycles. The summed E-state index contributed by atoms with van der Waals surface area (Å²) in [4.78, 5) is 24.7. The second-order valence-electron chi connectivity index (χ2n) is 5.17. The van der Waals surface area contributed by atoms with Gasteiger partial charge in [0.1, 0.15) is 11.6 Å². The smallest absolute Gasteiger partial charge is 0.235 e. The van der Waals surface area contributed by atoms with E-state index >= 15 is 0 Å². The van der Waals surface area contributed by atoms with Crippen LogP contribution in [0.1, 0.15) is 25.8 Å². The number of halogens is 3. The van der Waals surface area contributed by atoms with E-state index in [-0.39, 0.29) is 23.0 Å². The first-order valence-electron chi connectivity index (χ1n) is 5.71. The highest BCUT2D eigenvalue weighted by Crippen LogP contribution is 2.33. The van der Waals surface area contributed by atoms with Crippen molar-refractivity contribution in [3.8, 4) is 0 Å². The predicted octanol–water partition coefficient (Wildman–Crippen LogP) is 3.01. The van der Waals surface area contributed by atoms with Gasteiger partial charge < -0.3 is 0 Å². The maximum atomic E-state index is 13.8. The summed E-state index contributed by atoms with van der Waals surface area (Å²) in [5, 5.41) is 0. The summed E-state index contributed by atoms with van der Waals surface area (Å²) in [5.41, 5.74) is -1.09. The Kier molecular flexibility index (Phi) is 3.47. The number of hydrogen-bond acceptors (Lipinski definition) is 2. The van der Waals surface area contributed by atoms with Crippen LogP contribution in [-0.4, -0.2) is 16.7 Å². The molecule has 6 heteroatoms. The first kappa shape index (κ1) is 14.1. The van der Waals surface area contributed by atoms with Gasteiger partial charge in [-0.25, -0.2) is 8.78 Å². The lowest BCUT2D eigenvalue weighted by molar-refractivity contribution is -0.141. The van der Waals surface area contributed by atoms with Crippen molar-refractivity contribution >= 4 is 27.7 Å². The summed E-state index contributed by atoms with van der Waals surface area (Å²) < 4.78 is 27.5. The monoisotopic (exact) mass is 331 g/mol. The van der Waals surface area contributed by atoms with E-state index in [1.165, 1.54) is 6.07 Å². The molecule has 0 saturated carbocycles. The fraction of sp³-hybridized carbons (Fsp3) is 0.385. The molecule has 0 atom stereocenters. The van der Waals surface area contributed by atoms with Crippen LogP contribution in [0.5, 0.6) is 0 Å². The topological polar surface area (TPSA) is 37.4 Å². The summed E-state index contributed by atoms with van der Waals surface area (Å²) in [5.74, 6) is -2.37. The van der Waals surface area contributed by atoms with Gasteiger partial charge in [0.15, 0.2) is 0 Å². The third-order valence-corrected chi connectivity index (χ3v) is 3.79. The molecule has 1 saturated heterocycles. The molecule has 2 rings (SSSR count). The van der Waals surface area contributed by atoms with Crippen LogP contribution in [0.2, 0.25) is 0 Å². The molecule has 2 amide bonds. The normalized spacial score (nSPS) is 18.3. The molecule has 1 fully saturated rings. The average Bonchev–Trinajstić information content (AvgIpc) is 2.51. The lowest BCUT2D eigenvalue weighted by Gasteiger charge is -2.18. The Morgan fingerprint density at radius 1 is 1.32 bits per heavy atom. The number of rotatable bonds is 2. The standard InChI is InChI=1S/C13H12BrF2NO2/c1-13(2)5-10(18)17(12(13)19)6-7-9(15)4-3-8(14)11(7)16/h3-4H,5-6H2,1-2H3. The van der Waals surface area contributed by atoms with Gasteiger partial charge in [0.05, 0.1) is 16.4 Å². The van der Waals surface area contributed by atoms with E-state index in [0.29, 0.717) is 0 Å². The number of amides is 2. The van der Waals surface area contributed by atoms with Crippen LogP contribution in [0.15, 0.2) is 16.6 Å². The molecule has 1 aromatic rings. The molecule has 0 unspecified atom stereocenters. The summed E-state index contributed by atoms with van der Waals surface area (Å²) in [6.07, 6.45) is 0.0586. The molecule has 0 bridgehead atoms. The van der Waals surface area contributed by atoms with Gasteiger partial charge in [-0.15, -0.1) is 0 Å². The molecule has 3 nitrogen and oxygen atoms in total. The van der Waals surface area contributed by atoms with Crippen LogP contribution in [0.3, 0.4) is 0 Å². The molecule has 19 heavy (non-hydrogen) atoms. The fourth-order valence-corrected chi connectivity index (χ4v) is 2.43. The van der Waals surface area contributed by atoms with Crippen molar-refractivity contribution in [2.45, 2.75) is 26.8 Å². The second-order valence-corrected chi connectivity index (χ2v) is 6.02. The van der Waals surface area contributed by atoms with Crippen LogP contribution >= 0.6 is 15.9 Å². The minimum atomic E-state index is -0.809. The van der Waals surface area contributed by atoms with E-state index in [4.69, 9.17) is 0 Å². The zero-order valence-electron chi connectivity index (χ0n) is 10.5. The summed E-state index contributed by atoms with van der Waals surface area (Å²) in [7, 11) is 0. The summed E-state index contributed by atoms with van der Waals surface area (Å²) >= 11 is 2.95. The average molecular weight is 332 g/mol. The van der Waals surface area contributed by atoms with Crippen molar-refractivity contribution < 1.29 is 18.4 Å². The third-order valence-electron chi connectivity index (χ3n) is 3.17. The zero-order chi connectivity index (χ0) is 14.4. The van der Waals surface area contributed by atoms with Gasteiger partial charge >= 0.3 is 0 Å². The Labute approximate surface area is 117 Å². The quantitative estimate of drug-likeness (QED) is 0.617. The first-order chi connectivity index (χ1) is 8.74. The highest BCUT2D eigenvalue weighted by molar-refractivity contribution is 9.10. The van der Waals surface area contributed by atoms with Crippen molar-refractivity contribution in [2.75, 3.05) is 0 Å². The largest absolute Gasteiger partial charge is 0.277 e. The number of benzene rings is 1. The zero-order valence-corrected chi connectivity index (χ0v) is 12.1. The van der Waals surface area contributed by atoms with Crippen LogP contribution in [0, 0.1) is 17.0 Å². The van der Waals surface area contributed by atoms with Crippen LogP contribution in [0.25, 0.3) is 0 Å². The van der Waals surface area contributed by atoms with Gasteiger partial charge in [-0.1, -0.05) is 13.8 Å². The van der Waals surface area contributed by atoms with E-state index in [0.717, 1.165) is 11.0 Å². The van der Waals surface area contributed by atoms with Crippen molar-refractivity contribution in [3.63, 3.8) is 0 Å². The van der Waals surface area contributed by atoms with Crippen LogP contribution < -0.4 is 0 Å². The number of carbonyl (C=O) groups excluding carboxylic acids is 2. The van der Waals surface area contributed by atoms with Crippen molar-refractivity contribution in [1.29, 1.82) is 0 Å². The van der Waals surface area contributed by atoms with Gasteiger partial charge in [-0.2, -0.15) is 0 Å². The highest BCUT2D eigenvalue weighted by Gasteiger charge is 2.45. The maximum Gasteiger partial charge on any atom is 0.235 e. The molecule has 0 aromatic heterocycles. The molecule has 1 heterocycles. The van der Waals surface area contributed by atoms with Crippen LogP contribution in [-0.2, 0) is 16.1 Å². The lowest BCUT2D eigenvalue weighted by Crippen LogP contribution is -2.33. The number of imide groups is 1. The molecule has 1 aliphatic rings.